The first-order chi connectivity index (χ1) is 13.3. The van der Waals surface area contributed by atoms with E-state index in [-0.39, 0.29) is 12.7 Å². The van der Waals surface area contributed by atoms with Gasteiger partial charge in [-0.25, -0.2) is 0 Å². The molecule has 1 N–H and O–H groups in total. The van der Waals surface area contributed by atoms with E-state index < -0.39 is 0 Å². The SMILES string of the molecule is O=C(/C=C/c1ccc2c(c1)OCO2)NCC1CCN(c2ccncc2)CC1. The van der Waals surface area contributed by atoms with Crippen LogP contribution in [0.3, 0.4) is 0 Å². The van der Waals surface area contributed by atoms with E-state index >= 15 is 0 Å². The summed E-state index contributed by atoms with van der Waals surface area (Å²) in [4.78, 5) is 18.5. The van der Waals surface area contributed by atoms with Crippen molar-refractivity contribution in [2.45, 2.75) is 12.8 Å². The number of fused-ring (bicyclic) bond motifs is 1. The van der Waals surface area contributed by atoms with Gasteiger partial charge in [0.05, 0.1) is 0 Å². The molecule has 0 saturated carbocycles. The highest BCUT2D eigenvalue weighted by Crippen LogP contribution is 2.32. The molecule has 1 saturated heterocycles. The lowest BCUT2D eigenvalue weighted by Crippen LogP contribution is -2.38. The topological polar surface area (TPSA) is 63.7 Å². The number of carbonyl (C=O) groups excluding carboxylic acids is 1. The lowest BCUT2D eigenvalue weighted by molar-refractivity contribution is -0.116. The lowest BCUT2D eigenvalue weighted by atomic mass is 9.96. The average molecular weight is 365 g/mol. The van der Waals surface area contributed by atoms with Crippen LogP contribution in [0.4, 0.5) is 5.69 Å². The molecule has 1 fully saturated rings. The molecule has 6 heteroatoms. The van der Waals surface area contributed by atoms with E-state index in [1.165, 1.54) is 5.69 Å². The number of hydrogen-bond donors (Lipinski definition) is 1. The van der Waals surface area contributed by atoms with Gasteiger partial charge in [0.2, 0.25) is 12.7 Å². The highest BCUT2D eigenvalue weighted by molar-refractivity contribution is 5.91. The number of anilines is 1. The van der Waals surface area contributed by atoms with Crippen molar-refractivity contribution in [2.75, 3.05) is 31.3 Å². The molecule has 2 aliphatic heterocycles. The first kappa shape index (κ1) is 17.4. The standard InChI is InChI=1S/C21H23N3O3/c25-21(4-2-16-1-3-19-20(13-16)27-15-26-19)23-14-17-7-11-24(12-8-17)18-5-9-22-10-6-18/h1-6,9-10,13,17H,7-8,11-12,14-15H2,(H,23,25)/b4-2+. The van der Waals surface area contributed by atoms with E-state index in [0.717, 1.165) is 43.0 Å². The number of ether oxygens (including phenoxy) is 2. The zero-order valence-electron chi connectivity index (χ0n) is 15.1. The van der Waals surface area contributed by atoms with Gasteiger partial charge < -0.3 is 19.7 Å². The van der Waals surface area contributed by atoms with Crippen molar-refractivity contribution in [1.82, 2.24) is 10.3 Å². The van der Waals surface area contributed by atoms with Gasteiger partial charge in [-0.15, -0.1) is 0 Å². The molecule has 0 atom stereocenters. The van der Waals surface area contributed by atoms with Crippen molar-refractivity contribution < 1.29 is 14.3 Å². The Labute approximate surface area is 158 Å². The highest BCUT2D eigenvalue weighted by Gasteiger charge is 2.19. The van der Waals surface area contributed by atoms with Gasteiger partial charge in [-0.05, 0) is 54.7 Å². The maximum absolute atomic E-state index is 12.1. The quantitative estimate of drug-likeness (QED) is 0.826. The van der Waals surface area contributed by atoms with E-state index in [4.69, 9.17) is 9.47 Å². The molecule has 27 heavy (non-hydrogen) atoms. The van der Waals surface area contributed by atoms with E-state index in [2.05, 4.69) is 15.2 Å². The van der Waals surface area contributed by atoms with Gasteiger partial charge in [-0.3, -0.25) is 9.78 Å². The van der Waals surface area contributed by atoms with Crippen molar-refractivity contribution in [1.29, 1.82) is 0 Å². The number of nitrogens with zero attached hydrogens (tertiary/aromatic N) is 2. The molecule has 140 valence electrons. The second-order valence-corrected chi connectivity index (χ2v) is 6.83. The maximum Gasteiger partial charge on any atom is 0.244 e. The van der Waals surface area contributed by atoms with Gasteiger partial charge in [-0.2, -0.15) is 0 Å². The van der Waals surface area contributed by atoms with Crippen LogP contribution >= 0.6 is 0 Å². The molecule has 6 nitrogen and oxygen atoms in total. The van der Waals surface area contributed by atoms with Crippen molar-refractivity contribution in [3.05, 3.63) is 54.4 Å². The molecule has 1 aromatic heterocycles. The zero-order valence-corrected chi connectivity index (χ0v) is 15.1. The minimum Gasteiger partial charge on any atom is -0.454 e. The van der Waals surface area contributed by atoms with Crippen molar-refractivity contribution in [3.8, 4) is 11.5 Å². The number of carbonyl (C=O) groups is 1. The smallest absolute Gasteiger partial charge is 0.244 e. The van der Waals surface area contributed by atoms with Crippen LogP contribution < -0.4 is 19.7 Å². The molecule has 1 aromatic carbocycles. The minimum atomic E-state index is -0.0655. The summed E-state index contributed by atoms with van der Waals surface area (Å²) in [6.07, 6.45) is 9.18. The minimum absolute atomic E-state index is 0.0655. The van der Waals surface area contributed by atoms with Crippen LogP contribution in [-0.4, -0.2) is 37.3 Å². The summed E-state index contributed by atoms with van der Waals surface area (Å²) in [5.74, 6) is 1.92. The predicted molar refractivity (Wildman–Crippen MR) is 104 cm³/mol. The molecule has 0 bridgehead atoms. The molecule has 0 unspecified atom stereocenters. The van der Waals surface area contributed by atoms with E-state index in [1.54, 1.807) is 12.2 Å². The molecule has 2 aromatic rings. The van der Waals surface area contributed by atoms with Crippen LogP contribution in [-0.2, 0) is 4.79 Å². The fourth-order valence-corrected chi connectivity index (χ4v) is 3.44. The molecule has 0 aliphatic carbocycles. The molecule has 0 spiro atoms. The second kappa shape index (κ2) is 8.12. The van der Waals surface area contributed by atoms with Gasteiger partial charge in [0, 0.05) is 43.8 Å². The van der Waals surface area contributed by atoms with E-state index in [1.807, 2.05) is 42.7 Å². The van der Waals surface area contributed by atoms with Crippen molar-refractivity contribution in [3.63, 3.8) is 0 Å². The number of hydrogen-bond acceptors (Lipinski definition) is 5. The van der Waals surface area contributed by atoms with Crippen LogP contribution in [0.2, 0.25) is 0 Å². The number of amides is 1. The number of benzene rings is 1. The average Bonchev–Trinajstić information content (AvgIpc) is 3.19. The Morgan fingerprint density at radius 1 is 1.15 bits per heavy atom. The number of rotatable bonds is 5. The third-order valence-corrected chi connectivity index (χ3v) is 5.03. The predicted octanol–water partition coefficient (Wildman–Crippen LogP) is 2.86. The van der Waals surface area contributed by atoms with Crippen LogP contribution in [0.5, 0.6) is 11.5 Å². The van der Waals surface area contributed by atoms with Crippen LogP contribution in [0.15, 0.2) is 48.8 Å². The van der Waals surface area contributed by atoms with Gasteiger partial charge in [0.25, 0.3) is 0 Å². The molecular formula is C21H23N3O3. The third-order valence-electron chi connectivity index (χ3n) is 5.03. The van der Waals surface area contributed by atoms with E-state index in [9.17, 15) is 4.79 Å². The summed E-state index contributed by atoms with van der Waals surface area (Å²) in [7, 11) is 0. The van der Waals surface area contributed by atoms with Gasteiger partial charge in [0.1, 0.15) is 0 Å². The van der Waals surface area contributed by atoms with Crippen LogP contribution in [0, 0.1) is 5.92 Å². The Kier molecular flexibility index (Phi) is 5.23. The summed E-state index contributed by atoms with van der Waals surface area (Å²) in [5.41, 5.74) is 2.14. The Hall–Kier alpha value is -3.02. The molecule has 2 aliphatic rings. The van der Waals surface area contributed by atoms with Gasteiger partial charge in [0.15, 0.2) is 11.5 Å². The number of piperidine rings is 1. The fraction of sp³-hybridized carbons (Fsp3) is 0.333. The summed E-state index contributed by atoms with van der Waals surface area (Å²) in [6, 6.07) is 9.73. The van der Waals surface area contributed by atoms with Gasteiger partial charge in [-0.1, -0.05) is 6.07 Å². The monoisotopic (exact) mass is 365 g/mol. The number of pyridine rings is 1. The number of aromatic nitrogens is 1. The number of nitrogens with one attached hydrogen (secondary N) is 1. The van der Waals surface area contributed by atoms with E-state index in [0.29, 0.717) is 12.5 Å². The maximum atomic E-state index is 12.1. The Morgan fingerprint density at radius 3 is 2.74 bits per heavy atom. The fourth-order valence-electron chi connectivity index (χ4n) is 3.44. The molecule has 1 amide bonds. The highest BCUT2D eigenvalue weighted by atomic mass is 16.7. The summed E-state index contributed by atoms with van der Waals surface area (Å²) >= 11 is 0. The molecular weight excluding hydrogens is 342 g/mol. The molecule has 3 heterocycles. The first-order valence-electron chi connectivity index (χ1n) is 9.28. The second-order valence-electron chi connectivity index (χ2n) is 6.83. The Bertz CT molecular complexity index is 815. The molecule has 0 radical (unpaired) electrons. The first-order valence-corrected chi connectivity index (χ1v) is 9.28. The largest absolute Gasteiger partial charge is 0.454 e. The van der Waals surface area contributed by atoms with Crippen LogP contribution in [0.25, 0.3) is 6.08 Å². The van der Waals surface area contributed by atoms with Crippen LogP contribution in [0.1, 0.15) is 18.4 Å². The van der Waals surface area contributed by atoms with Crippen molar-refractivity contribution >= 4 is 17.7 Å². The van der Waals surface area contributed by atoms with Gasteiger partial charge >= 0.3 is 0 Å². The summed E-state index contributed by atoms with van der Waals surface area (Å²) < 4.78 is 10.6. The summed E-state index contributed by atoms with van der Waals surface area (Å²) in [5, 5.41) is 3.02. The summed E-state index contributed by atoms with van der Waals surface area (Å²) in [6.45, 7) is 2.99. The third kappa shape index (κ3) is 4.39. The normalized spacial score (nSPS) is 16.7. The van der Waals surface area contributed by atoms with Crippen molar-refractivity contribution in [2.24, 2.45) is 5.92 Å². The Balaban J connectivity index is 1.22. The zero-order chi connectivity index (χ0) is 18.5. The lowest BCUT2D eigenvalue weighted by Gasteiger charge is -2.33. The Morgan fingerprint density at radius 2 is 1.93 bits per heavy atom. The molecule has 4 rings (SSSR count).